The van der Waals surface area contributed by atoms with Crippen LogP contribution in [-0.4, -0.2) is 12.3 Å². The standard InChI is InChI=1S/C13H19NO/c1-4-13(3,9-14)12(15)11-7-5-6-10(2)8-11/h5-8H,4,9,14H2,1-3H3. The first-order valence-corrected chi connectivity index (χ1v) is 5.35. The highest BCUT2D eigenvalue weighted by atomic mass is 16.1. The van der Waals surface area contributed by atoms with Crippen molar-refractivity contribution in [1.82, 2.24) is 0 Å². The summed E-state index contributed by atoms with van der Waals surface area (Å²) in [5, 5.41) is 0. The molecule has 0 amide bonds. The molecule has 0 bridgehead atoms. The lowest BCUT2D eigenvalue weighted by molar-refractivity contribution is 0.0820. The first-order chi connectivity index (χ1) is 7.03. The van der Waals surface area contributed by atoms with Crippen LogP contribution in [0.5, 0.6) is 0 Å². The fraction of sp³-hybridized carbons (Fsp3) is 0.462. The summed E-state index contributed by atoms with van der Waals surface area (Å²) in [6, 6.07) is 7.68. The molecule has 1 aromatic carbocycles. The van der Waals surface area contributed by atoms with Crippen molar-refractivity contribution in [1.29, 1.82) is 0 Å². The maximum absolute atomic E-state index is 12.2. The minimum atomic E-state index is -0.423. The van der Waals surface area contributed by atoms with Gasteiger partial charge < -0.3 is 5.73 Å². The monoisotopic (exact) mass is 205 g/mol. The van der Waals surface area contributed by atoms with E-state index in [1.54, 1.807) is 0 Å². The van der Waals surface area contributed by atoms with Crippen molar-refractivity contribution in [3.63, 3.8) is 0 Å². The molecule has 0 saturated carbocycles. The van der Waals surface area contributed by atoms with E-state index in [0.29, 0.717) is 6.54 Å². The molecule has 1 aromatic rings. The topological polar surface area (TPSA) is 43.1 Å². The lowest BCUT2D eigenvalue weighted by atomic mass is 9.80. The van der Waals surface area contributed by atoms with Crippen LogP contribution in [0, 0.1) is 12.3 Å². The van der Waals surface area contributed by atoms with Gasteiger partial charge in [-0.3, -0.25) is 4.79 Å². The second-order valence-corrected chi connectivity index (χ2v) is 4.32. The highest BCUT2D eigenvalue weighted by Crippen LogP contribution is 2.25. The number of nitrogens with two attached hydrogens (primary N) is 1. The third-order valence-corrected chi connectivity index (χ3v) is 3.06. The Morgan fingerprint density at radius 2 is 2.13 bits per heavy atom. The Hall–Kier alpha value is -1.15. The maximum Gasteiger partial charge on any atom is 0.169 e. The molecule has 0 aliphatic carbocycles. The number of hydrogen-bond donors (Lipinski definition) is 1. The number of Topliss-reactive ketones (excluding diaryl/α,β-unsaturated/α-hetero) is 1. The molecule has 0 aromatic heterocycles. The fourth-order valence-corrected chi connectivity index (χ4v) is 1.53. The van der Waals surface area contributed by atoms with E-state index in [-0.39, 0.29) is 5.78 Å². The summed E-state index contributed by atoms with van der Waals surface area (Å²) in [7, 11) is 0. The number of benzene rings is 1. The zero-order valence-corrected chi connectivity index (χ0v) is 9.71. The summed E-state index contributed by atoms with van der Waals surface area (Å²) >= 11 is 0. The largest absolute Gasteiger partial charge is 0.329 e. The van der Waals surface area contributed by atoms with Crippen LogP contribution >= 0.6 is 0 Å². The minimum Gasteiger partial charge on any atom is -0.329 e. The van der Waals surface area contributed by atoms with Gasteiger partial charge in [-0.25, -0.2) is 0 Å². The van der Waals surface area contributed by atoms with Crippen LogP contribution < -0.4 is 5.73 Å². The van der Waals surface area contributed by atoms with Gasteiger partial charge in [-0.2, -0.15) is 0 Å². The summed E-state index contributed by atoms with van der Waals surface area (Å²) < 4.78 is 0. The lowest BCUT2D eigenvalue weighted by Gasteiger charge is -2.24. The Kier molecular flexibility index (Phi) is 3.64. The molecule has 2 nitrogen and oxygen atoms in total. The van der Waals surface area contributed by atoms with Crippen molar-refractivity contribution < 1.29 is 4.79 Å². The number of carbonyl (C=O) groups excluding carboxylic acids is 1. The molecule has 0 aliphatic heterocycles. The van der Waals surface area contributed by atoms with E-state index in [9.17, 15) is 4.79 Å². The third-order valence-electron chi connectivity index (χ3n) is 3.06. The van der Waals surface area contributed by atoms with Gasteiger partial charge in [-0.05, 0) is 19.4 Å². The normalized spacial score (nSPS) is 14.7. The van der Waals surface area contributed by atoms with E-state index in [2.05, 4.69) is 0 Å². The number of rotatable bonds is 4. The molecule has 1 unspecified atom stereocenters. The highest BCUT2D eigenvalue weighted by Gasteiger charge is 2.30. The van der Waals surface area contributed by atoms with Crippen LogP contribution in [0.15, 0.2) is 24.3 Å². The first-order valence-electron chi connectivity index (χ1n) is 5.35. The van der Waals surface area contributed by atoms with Crippen LogP contribution in [0.25, 0.3) is 0 Å². The molecule has 0 fully saturated rings. The molecule has 0 heterocycles. The quantitative estimate of drug-likeness (QED) is 0.768. The van der Waals surface area contributed by atoms with Gasteiger partial charge in [0.1, 0.15) is 0 Å². The molecule has 82 valence electrons. The summed E-state index contributed by atoms with van der Waals surface area (Å²) in [6.07, 6.45) is 0.774. The van der Waals surface area contributed by atoms with Gasteiger partial charge in [0.15, 0.2) is 5.78 Å². The number of ketones is 1. The van der Waals surface area contributed by atoms with Crippen molar-refractivity contribution in [3.05, 3.63) is 35.4 Å². The Balaban J connectivity index is 3.03. The summed E-state index contributed by atoms with van der Waals surface area (Å²) in [5.41, 5.74) is 7.13. The van der Waals surface area contributed by atoms with Crippen LogP contribution in [0.2, 0.25) is 0 Å². The Morgan fingerprint density at radius 3 is 2.60 bits per heavy atom. The highest BCUT2D eigenvalue weighted by molar-refractivity contribution is 6.00. The smallest absolute Gasteiger partial charge is 0.169 e. The zero-order valence-electron chi connectivity index (χ0n) is 9.71. The number of carbonyl (C=O) groups is 1. The summed E-state index contributed by atoms with van der Waals surface area (Å²) in [5.74, 6) is 0.149. The van der Waals surface area contributed by atoms with Crippen LogP contribution in [-0.2, 0) is 0 Å². The first kappa shape index (κ1) is 11.9. The Labute approximate surface area is 91.5 Å². The third kappa shape index (κ3) is 2.45. The predicted octanol–water partition coefficient (Wildman–Crippen LogP) is 2.55. The Morgan fingerprint density at radius 1 is 1.47 bits per heavy atom. The average Bonchev–Trinajstić information content (AvgIpc) is 2.27. The minimum absolute atomic E-state index is 0.149. The van der Waals surface area contributed by atoms with E-state index in [1.807, 2.05) is 45.0 Å². The molecule has 0 saturated heterocycles. The molecule has 15 heavy (non-hydrogen) atoms. The second-order valence-electron chi connectivity index (χ2n) is 4.32. The number of aryl methyl sites for hydroxylation is 1. The lowest BCUT2D eigenvalue weighted by Crippen LogP contribution is -2.35. The van der Waals surface area contributed by atoms with Gasteiger partial charge in [-0.1, -0.05) is 37.6 Å². The van der Waals surface area contributed by atoms with E-state index in [4.69, 9.17) is 5.73 Å². The van der Waals surface area contributed by atoms with Gasteiger partial charge in [0.2, 0.25) is 0 Å². The van der Waals surface area contributed by atoms with Crippen molar-refractivity contribution in [3.8, 4) is 0 Å². The van der Waals surface area contributed by atoms with Crippen molar-refractivity contribution in [2.45, 2.75) is 27.2 Å². The summed E-state index contributed by atoms with van der Waals surface area (Å²) in [4.78, 5) is 12.2. The van der Waals surface area contributed by atoms with Crippen molar-refractivity contribution >= 4 is 5.78 Å². The van der Waals surface area contributed by atoms with E-state index in [0.717, 1.165) is 17.5 Å². The average molecular weight is 205 g/mol. The van der Waals surface area contributed by atoms with Crippen LogP contribution in [0.4, 0.5) is 0 Å². The van der Waals surface area contributed by atoms with Crippen LogP contribution in [0.3, 0.4) is 0 Å². The van der Waals surface area contributed by atoms with Crippen LogP contribution in [0.1, 0.15) is 36.2 Å². The molecule has 0 radical (unpaired) electrons. The molecule has 2 N–H and O–H groups in total. The SMILES string of the molecule is CCC(C)(CN)C(=O)c1cccc(C)c1. The maximum atomic E-state index is 12.2. The second kappa shape index (κ2) is 4.58. The van der Waals surface area contributed by atoms with E-state index >= 15 is 0 Å². The van der Waals surface area contributed by atoms with Gasteiger partial charge in [0, 0.05) is 17.5 Å². The van der Waals surface area contributed by atoms with Gasteiger partial charge >= 0.3 is 0 Å². The molecule has 2 heteroatoms. The molecule has 0 aliphatic rings. The molecular formula is C13H19NO. The number of hydrogen-bond acceptors (Lipinski definition) is 2. The summed E-state index contributed by atoms with van der Waals surface area (Å²) in [6.45, 7) is 6.32. The van der Waals surface area contributed by atoms with Crippen molar-refractivity contribution in [2.24, 2.45) is 11.1 Å². The fourth-order valence-electron chi connectivity index (χ4n) is 1.53. The van der Waals surface area contributed by atoms with E-state index in [1.165, 1.54) is 0 Å². The zero-order chi connectivity index (χ0) is 11.5. The van der Waals surface area contributed by atoms with Gasteiger partial charge in [0.25, 0.3) is 0 Å². The van der Waals surface area contributed by atoms with Crippen molar-refractivity contribution in [2.75, 3.05) is 6.54 Å². The van der Waals surface area contributed by atoms with Gasteiger partial charge in [0.05, 0.1) is 0 Å². The molecular weight excluding hydrogens is 186 g/mol. The van der Waals surface area contributed by atoms with Gasteiger partial charge in [-0.15, -0.1) is 0 Å². The molecule has 1 rings (SSSR count). The predicted molar refractivity (Wildman–Crippen MR) is 63.0 cm³/mol. The molecule has 0 spiro atoms. The Bertz CT molecular complexity index is 353. The molecule has 1 atom stereocenters. The van der Waals surface area contributed by atoms with E-state index < -0.39 is 5.41 Å².